The second-order valence-electron chi connectivity index (χ2n) is 8.13. The Morgan fingerprint density at radius 2 is 1.94 bits per heavy atom. The second kappa shape index (κ2) is 11.0. The zero-order valence-corrected chi connectivity index (χ0v) is 20.1. The average Bonchev–Trinajstić information content (AvgIpc) is 3.25. The Morgan fingerprint density at radius 1 is 1.17 bits per heavy atom. The minimum absolute atomic E-state index is 0.420. The molecule has 0 spiro atoms. The van der Waals surface area contributed by atoms with E-state index in [4.69, 9.17) is 10.5 Å². The van der Waals surface area contributed by atoms with E-state index in [0.717, 1.165) is 47.3 Å². The van der Waals surface area contributed by atoms with Gasteiger partial charge >= 0.3 is 0 Å². The molecule has 1 aromatic carbocycles. The van der Waals surface area contributed by atoms with Crippen LogP contribution >= 0.6 is 0 Å². The van der Waals surface area contributed by atoms with Crippen LogP contribution in [-0.2, 0) is 0 Å². The molecular formula is C28H30FN5O. The lowest BCUT2D eigenvalue weighted by Gasteiger charge is -2.18. The molecule has 6 nitrogen and oxygen atoms in total. The van der Waals surface area contributed by atoms with Gasteiger partial charge in [-0.25, -0.2) is 9.37 Å². The molecule has 180 valence electrons. The van der Waals surface area contributed by atoms with Crippen molar-refractivity contribution in [3.8, 4) is 16.9 Å². The number of H-pyrrole nitrogens is 1. The molecule has 0 aliphatic rings. The number of aromatic amines is 1. The van der Waals surface area contributed by atoms with E-state index in [1.165, 1.54) is 12.4 Å². The molecule has 4 aromatic rings. The number of hydrogen-bond donors (Lipinski definition) is 2. The van der Waals surface area contributed by atoms with E-state index in [9.17, 15) is 0 Å². The first kappa shape index (κ1) is 24.2. The summed E-state index contributed by atoms with van der Waals surface area (Å²) in [5.41, 5.74) is 9.20. The summed E-state index contributed by atoms with van der Waals surface area (Å²) in [6, 6.07) is 11.2. The number of ether oxygens (including phenoxy) is 1. The van der Waals surface area contributed by atoms with Crippen LogP contribution in [0.3, 0.4) is 0 Å². The third-order valence-corrected chi connectivity index (χ3v) is 6.08. The van der Waals surface area contributed by atoms with Crippen molar-refractivity contribution >= 4 is 28.9 Å². The van der Waals surface area contributed by atoms with Gasteiger partial charge < -0.3 is 20.4 Å². The van der Waals surface area contributed by atoms with Gasteiger partial charge in [-0.1, -0.05) is 38.6 Å². The molecular weight excluding hydrogens is 441 g/mol. The van der Waals surface area contributed by atoms with E-state index in [1.807, 2.05) is 42.5 Å². The summed E-state index contributed by atoms with van der Waals surface area (Å²) in [5, 5.41) is 2.00. The van der Waals surface area contributed by atoms with Crippen LogP contribution in [0.1, 0.15) is 19.4 Å². The molecule has 0 atom stereocenters. The molecule has 3 aromatic heterocycles. The summed E-state index contributed by atoms with van der Waals surface area (Å²) in [6.07, 6.45) is 8.00. The molecule has 0 aliphatic heterocycles. The first-order chi connectivity index (χ1) is 17.0. The Kier molecular flexibility index (Phi) is 7.57. The van der Waals surface area contributed by atoms with Gasteiger partial charge in [-0.2, -0.15) is 0 Å². The average molecular weight is 472 g/mol. The fourth-order valence-electron chi connectivity index (χ4n) is 4.10. The number of nitrogens with one attached hydrogen (secondary N) is 1. The smallest absolute Gasteiger partial charge is 0.150 e. The lowest BCUT2D eigenvalue weighted by Crippen LogP contribution is -2.27. The number of benzene rings is 1. The molecule has 4 rings (SSSR count). The van der Waals surface area contributed by atoms with E-state index in [0.29, 0.717) is 28.6 Å². The van der Waals surface area contributed by atoms with Crippen LogP contribution in [0.15, 0.2) is 61.6 Å². The van der Waals surface area contributed by atoms with Crippen molar-refractivity contribution in [2.75, 3.05) is 26.2 Å². The van der Waals surface area contributed by atoms with Crippen molar-refractivity contribution in [3.63, 3.8) is 0 Å². The van der Waals surface area contributed by atoms with Crippen molar-refractivity contribution in [3.05, 3.63) is 83.5 Å². The summed E-state index contributed by atoms with van der Waals surface area (Å²) >= 11 is 0. The molecule has 0 unspecified atom stereocenters. The van der Waals surface area contributed by atoms with Gasteiger partial charge in [-0.15, -0.1) is 0 Å². The normalized spacial score (nSPS) is 12.6. The van der Waals surface area contributed by atoms with Gasteiger partial charge in [0.2, 0.25) is 0 Å². The number of rotatable bonds is 9. The highest BCUT2D eigenvalue weighted by Gasteiger charge is 2.15. The Balaban J connectivity index is 1.75. The van der Waals surface area contributed by atoms with Gasteiger partial charge in [-0.3, -0.25) is 4.98 Å². The SMILES string of the molecule is C=C(/C=c1\c(=C/N)[nH]c2ncc(F)c(-c3ccc(OCCN(CC)CC)cc3)c12)c1cccnc1. The molecule has 3 N–H and O–H groups in total. The summed E-state index contributed by atoms with van der Waals surface area (Å²) in [4.78, 5) is 13.9. The van der Waals surface area contributed by atoms with Gasteiger partial charge in [0.1, 0.15) is 23.8 Å². The largest absolute Gasteiger partial charge is 0.492 e. The molecule has 0 fully saturated rings. The highest BCUT2D eigenvalue weighted by atomic mass is 19.1. The highest BCUT2D eigenvalue weighted by Crippen LogP contribution is 2.29. The van der Waals surface area contributed by atoms with Gasteiger partial charge in [0.15, 0.2) is 0 Å². The topological polar surface area (TPSA) is 80.1 Å². The minimum atomic E-state index is -0.420. The van der Waals surface area contributed by atoms with E-state index >= 15 is 4.39 Å². The maximum absolute atomic E-state index is 15.2. The number of nitrogens with zero attached hydrogens (tertiary/aromatic N) is 3. The van der Waals surface area contributed by atoms with Crippen molar-refractivity contribution in [1.29, 1.82) is 0 Å². The standard InChI is InChI=1S/C28H30FN5O/c1-4-34(5-2)13-14-35-22-10-8-20(9-11-22)26-24(29)18-32-28-27(26)23(25(16-30)33-28)15-19(3)21-7-6-12-31-17-21/h6-12,15-18H,3-5,13-14,30H2,1-2H3,(H,32,33)/b23-15+,25-16+. The fourth-order valence-corrected chi connectivity index (χ4v) is 4.10. The number of nitrogens with two attached hydrogens (primary N) is 1. The number of likely N-dealkylation sites (N-methyl/N-ethyl adjacent to an activating group) is 1. The Morgan fingerprint density at radius 3 is 2.60 bits per heavy atom. The van der Waals surface area contributed by atoms with Crippen molar-refractivity contribution in [2.24, 2.45) is 5.73 Å². The first-order valence-corrected chi connectivity index (χ1v) is 11.7. The van der Waals surface area contributed by atoms with Gasteiger partial charge in [0.25, 0.3) is 0 Å². The lowest BCUT2D eigenvalue weighted by molar-refractivity contribution is 0.223. The van der Waals surface area contributed by atoms with E-state index in [2.05, 4.69) is 40.3 Å². The Labute approximate surface area is 204 Å². The van der Waals surface area contributed by atoms with Crippen molar-refractivity contribution in [1.82, 2.24) is 19.9 Å². The van der Waals surface area contributed by atoms with Crippen LogP contribution in [-0.4, -0.2) is 46.1 Å². The maximum Gasteiger partial charge on any atom is 0.150 e. The zero-order chi connectivity index (χ0) is 24.8. The van der Waals surface area contributed by atoms with Gasteiger partial charge in [-0.05, 0) is 54.1 Å². The zero-order valence-electron chi connectivity index (χ0n) is 20.1. The number of pyridine rings is 2. The number of aromatic nitrogens is 3. The Hall–Kier alpha value is -3.97. The van der Waals surface area contributed by atoms with E-state index in [1.54, 1.807) is 12.4 Å². The summed E-state index contributed by atoms with van der Waals surface area (Å²) in [5.74, 6) is 0.324. The number of halogens is 1. The monoisotopic (exact) mass is 471 g/mol. The molecule has 0 bridgehead atoms. The number of hydrogen-bond acceptors (Lipinski definition) is 5. The van der Waals surface area contributed by atoms with Crippen LogP contribution in [0.5, 0.6) is 5.75 Å². The summed E-state index contributed by atoms with van der Waals surface area (Å²) in [7, 11) is 0. The van der Waals surface area contributed by atoms with E-state index < -0.39 is 5.82 Å². The highest BCUT2D eigenvalue weighted by molar-refractivity contribution is 5.98. The predicted molar refractivity (Wildman–Crippen MR) is 140 cm³/mol. The maximum atomic E-state index is 15.2. The Bertz CT molecular complexity index is 1420. The number of allylic oxidation sites excluding steroid dienone is 1. The summed E-state index contributed by atoms with van der Waals surface area (Å²) < 4.78 is 21.1. The quantitative estimate of drug-likeness (QED) is 0.389. The lowest BCUT2D eigenvalue weighted by atomic mass is 10.0. The molecule has 0 saturated heterocycles. The van der Waals surface area contributed by atoms with Crippen LogP contribution in [0.25, 0.3) is 40.0 Å². The first-order valence-electron chi connectivity index (χ1n) is 11.7. The molecule has 0 radical (unpaired) electrons. The molecule has 7 heteroatoms. The van der Waals surface area contributed by atoms with Crippen LogP contribution in [0.4, 0.5) is 4.39 Å². The van der Waals surface area contributed by atoms with Crippen LogP contribution < -0.4 is 21.0 Å². The van der Waals surface area contributed by atoms with Crippen LogP contribution in [0.2, 0.25) is 0 Å². The van der Waals surface area contributed by atoms with E-state index in [-0.39, 0.29) is 0 Å². The third-order valence-electron chi connectivity index (χ3n) is 6.08. The van der Waals surface area contributed by atoms with Crippen molar-refractivity contribution < 1.29 is 9.13 Å². The summed E-state index contributed by atoms with van der Waals surface area (Å²) in [6.45, 7) is 11.9. The molecule has 0 aliphatic carbocycles. The number of fused-ring (bicyclic) bond motifs is 1. The van der Waals surface area contributed by atoms with Gasteiger partial charge in [0.05, 0.1) is 11.5 Å². The fraction of sp³-hybridized carbons (Fsp3) is 0.214. The minimum Gasteiger partial charge on any atom is -0.492 e. The van der Waals surface area contributed by atoms with Crippen LogP contribution in [0, 0.1) is 5.82 Å². The van der Waals surface area contributed by atoms with Crippen molar-refractivity contribution in [2.45, 2.75) is 13.8 Å². The van der Waals surface area contributed by atoms with Gasteiger partial charge in [0, 0.05) is 41.3 Å². The molecule has 3 heterocycles. The molecule has 0 saturated carbocycles. The predicted octanol–water partition coefficient (Wildman–Crippen LogP) is 3.68. The third kappa shape index (κ3) is 5.25. The molecule has 35 heavy (non-hydrogen) atoms. The second-order valence-corrected chi connectivity index (χ2v) is 8.13. The molecule has 0 amide bonds.